The number of carbonyl (C=O) groups is 2. The molecule has 0 radical (unpaired) electrons. The first-order chi connectivity index (χ1) is 12.1. The Morgan fingerprint density at radius 1 is 0.960 bits per heavy atom. The number of benzene rings is 2. The molecule has 8 heteroatoms. The van der Waals surface area contributed by atoms with Gasteiger partial charge in [-0.05, 0) is 52.4 Å². The summed E-state index contributed by atoms with van der Waals surface area (Å²) in [4.78, 5) is 23.1. The number of anilines is 2. The summed E-state index contributed by atoms with van der Waals surface area (Å²) in [6, 6.07) is 14.4. The highest BCUT2D eigenvalue weighted by atomic mass is 16.2. The summed E-state index contributed by atoms with van der Waals surface area (Å²) in [6.07, 6.45) is 1.76. The van der Waals surface area contributed by atoms with Crippen LogP contribution >= 0.6 is 0 Å². The Hall–Kier alpha value is -3.55. The van der Waals surface area contributed by atoms with Gasteiger partial charge in [0.2, 0.25) is 11.8 Å². The lowest BCUT2D eigenvalue weighted by atomic mass is 10.1. The molecule has 0 unspecified atom stereocenters. The van der Waals surface area contributed by atoms with Crippen molar-refractivity contribution in [1.29, 1.82) is 0 Å². The lowest BCUT2D eigenvalue weighted by molar-refractivity contribution is -0.116. The largest absolute Gasteiger partial charge is 0.326 e. The highest BCUT2D eigenvalue weighted by molar-refractivity contribution is 5.93. The van der Waals surface area contributed by atoms with Crippen molar-refractivity contribution in [3.63, 3.8) is 0 Å². The number of carbonyl (C=O) groups excluding carboxylic acids is 2. The highest BCUT2D eigenvalue weighted by Gasteiger charge is 2.06. The molecule has 3 aromatic rings. The molecule has 0 fully saturated rings. The minimum atomic E-state index is -0.137. The lowest BCUT2D eigenvalue weighted by Crippen LogP contribution is -2.14. The number of tetrazole rings is 1. The Morgan fingerprint density at radius 2 is 1.60 bits per heavy atom. The van der Waals surface area contributed by atoms with E-state index in [0.29, 0.717) is 11.4 Å². The van der Waals surface area contributed by atoms with Gasteiger partial charge in [-0.3, -0.25) is 9.59 Å². The molecule has 2 N–H and O–H groups in total. The van der Waals surface area contributed by atoms with E-state index in [1.165, 1.54) is 13.3 Å². The van der Waals surface area contributed by atoms with Crippen LogP contribution in [0.2, 0.25) is 0 Å². The van der Waals surface area contributed by atoms with Crippen molar-refractivity contribution in [1.82, 2.24) is 20.2 Å². The number of amides is 2. The van der Waals surface area contributed by atoms with Crippen LogP contribution in [0.5, 0.6) is 0 Å². The van der Waals surface area contributed by atoms with Gasteiger partial charge in [0.05, 0.1) is 12.1 Å². The molecule has 0 spiro atoms. The first-order valence-electron chi connectivity index (χ1n) is 7.60. The fraction of sp³-hybridized carbons (Fsp3) is 0.118. The molecule has 0 saturated carbocycles. The third-order valence-electron chi connectivity index (χ3n) is 3.40. The normalized spacial score (nSPS) is 10.3. The molecular formula is C17H16N6O2. The zero-order valence-corrected chi connectivity index (χ0v) is 13.5. The van der Waals surface area contributed by atoms with Crippen molar-refractivity contribution in [2.24, 2.45) is 0 Å². The van der Waals surface area contributed by atoms with Gasteiger partial charge in [-0.1, -0.05) is 12.1 Å². The van der Waals surface area contributed by atoms with E-state index in [1.807, 2.05) is 24.3 Å². The Balaban J connectivity index is 1.58. The molecule has 3 rings (SSSR count). The van der Waals surface area contributed by atoms with Gasteiger partial charge in [-0.25, -0.2) is 4.68 Å². The quantitative estimate of drug-likeness (QED) is 0.740. The number of hydrogen-bond donors (Lipinski definition) is 2. The van der Waals surface area contributed by atoms with E-state index in [2.05, 4.69) is 26.2 Å². The molecule has 25 heavy (non-hydrogen) atoms. The van der Waals surface area contributed by atoms with E-state index in [-0.39, 0.29) is 18.2 Å². The maximum absolute atomic E-state index is 12.1. The fourth-order valence-electron chi connectivity index (χ4n) is 2.28. The molecule has 0 aliphatic rings. The second kappa shape index (κ2) is 7.35. The van der Waals surface area contributed by atoms with E-state index < -0.39 is 0 Å². The van der Waals surface area contributed by atoms with Crippen molar-refractivity contribution in [2.75, 3.05) is 10.6 Å². The maximum atomic E-state index is 12.1. The lowest BCUT2D eigenvalue weighted by Gasteiger charge is -2.07. The second-order valence-electron chi connectivity index (χ2n) is 5.40. The molecule has 0 bridgehead atoms. The van der Waals surface area contributed by atoms with Gasteiger partial charge in [0.15, 0.2) is 0 Å². The van der Waals surface area contributed by atoms with Gasteiger partial charge in [-0.15, -0.1) is 5.10 Å². The fourth-order valence-corrected chi connectivity index (χ4v) is 2.28. The number of hydrogen-bond acceptors (Lipinski definition) is 5. The predicted molar refractivity (Wildman–Crippen MR) is 92.2 cm³/mol. The van der Waals surface area contributed by atoms with E-state index in [1.54, 1.807) is 28.9 Å². The third kappa shape index (κ3) is 4.47. The highest BCUT2D eigenvalue weighted by Crippen LogP contribution is 2.14. The van der Waals surface area contributed by atoms with Gasteiger partial charge < -0.3 is 10.6 Å². The molecular weight excluding hydrogens is 320 g/mol. The van der Waals surface area contributed by atoms with Crippen molar-refractivity contribution in [3.05, 3.63) is 60.4 Å². The van der Waals surface area contributed by atoms with Crippen LogP contribution in [0.25, 0.3) is 5.69 Å². The SMILES string of the molecule is CC(=O)Nc1ccc(NC(=O)Cc2ccc(-n3cnnn3)cc2)cc1. The molecule has 0 aliphatic heterocycles. The molecule has 2 amide bonds. The Bertz CT molecular complexity index is 857. The zero-order chi connectivity index (χ0) is 17.6. The van der Waals surface area contributed by atoms with Crippen LogP contribution in [0.3, 0.4) is 0 Å². The smallest absolute Gasteiger partial charge is 0.228 e. The van der Waals surface area contributed by atoms with Crippen molar-refractivity contribution in [3.8, 4) is 5.69 Å². The topological polar surface area (TPSA) is 102 Å². The average molecular weight is 336 g/mol. The molecule has 1 aromatic heterocycles. The minimum Gasteiger partial charge on any atom is -0.326 e. The number of rotatable bonds is 5. The minimum absolute atomic E-state index is 0.123. The van der Waals surface area contributed by atoms with Gasteiger partial charge in [-0.2, -0.15) is 0 Å². The molecule has 0 aliphatic carbocycles. The summed E-state index contributed by atoms with van der Waals surface area (Å²) in [5.41, 5.74) is 3.06. The predicted octanol–water partition coefficient (Wildman–Crippen LogP) is 1.80. The van der Waals surface area contributed by atoms with E-state index in [4.69, 9.17) is 0 Å². The van der Waals surface area contributed by atoms with Gasteiger partial charge in [0.1, 0.15) is 6.33 Å². The average Bonchev–Trinajstić information content (AvgIpc) is 3.11. The first-order valence-corrected chi connectivity index (χ1v) is 7.60. The van der Waals surface area contributed by atoms with Crippen LogP contribution in [-0.2, 0) is 16.0 Å². The summed E-state index contributed by atoms with van der Waals surface area (Å²) in [6.45, 7) is 1.44. The van der Waals surface area contributed by atoms with Crippen molar-refractivity contribution in [2.45, 2.75) is 13.3 Å². The van der Waals surface area contributed by atoms with Crippen molar-refractivity contribution < 1.29 is 9.59 Å². The molecule has 8 nitrogen and oxygen atoms in total. The standard InChI is InChI=1S/C17H16N6O2/c1-12(24)19-14-4-6-15(7-5-14)20-17(25)10-13-2-8-16(9-3-13)23-11-18-21-22-23/h2-9,11H,10H2,1H3,(H,19,24)(H,20,25). The first kappa shape index (κ1) is 16.3. The van der Waals surface area contributed by atoms with Gasteiger partial charge in [0, 0.05) is 18.3 Å². The maximum Gasteiger partial charge on any atom is 0.228 e. The van der Waals surface area contributed by atoms with Crippen LogP contribution in [0.4, 0.5) is 11.4 Å². The van der Waals surface area contributed by atoms with Crippen LogP contribution in [0.15, 0.2) is 54.9 Å². The molecule has 126 valence electrons. The zero-order valence-electron chi connectivity index (χ0n) is 13.5. The summed E-state index contributed by atoms with van der Waals surface area (Å²) >= 11 is 0. The molecule has 0 saturated heterocycles. The number of nitrogens with zero attached hydrogens (tertiary/aromatic N) is 4. The monoisotopic (exact) mass is 336 g/mol. The summed E-state index contributed by atoms with van der Waals surface area (Å²) in [5, 5.41) is 16.5. The molecule has 2 aromatic carbocycles. The van der Waals surface area contributed by atoms with E-state index in [9.17, 15) is 9.59 Å². The van der Waals surface area contributed by atoms with Crippen LogP contribution in [-0.4, -0.2) is 32.0 Å². The third-order valence-corrected chi connectivity index (χ3v) is 3.40. The Morgan fingerprint density at radius 3 is 2.16 bits per heavy atom. The van der Waals surface area contributed by atoms with Gasteiger partial charge >= 0.3 is 0 Å². The summed E-state index contributed by atoms with van der Waals surface area (Å²) in [7, 11) is 0. The van der Waals surface area contributed by atoms with Crippen LogP contribution in [0.1, 0.15) is 12.5 Å². The second-order valence-corrected chi connectivity index (χ2v) is 5.40. The van der Waals surface area contributed by atoms with E-state index >= 15 is 0 Å². The molecule has 0 atom stereocenters. The number of nitrogens with one attached hydrogen (secondary N) is 2. The molecule has 1 heterocycles. The van der Waals surface area contributed by atoms with Gasteiger partial charge in [0.25, 0.3) is 0 Å². The summed E-state index contributed by atoms with van der Waals surface area (Å²) in [5.74, 6) is -0.260. The van der Waals surface area contributed by atoms with E-state index in [0.717, 1.165) is 11.3 Å². The van der Waals surface area contributed by atoms with Crippen LogP contribution in [0, 0.1) is 0 Å². The van der Waals surface area contributed by atoms with Crippen molar-refractivity contribution >= 4 is 23.2 Å². The Kier molecular flexibility index (Phi) is 4.79. The van der Waals surface area contributed by atoms with Crippen LogP contribution < -0.4 is 10.6 Å². The number of aromatic nitrogens is 4. The Labute approximate surface area is 143 Å². The summed E-state index contributed by atoms with van der Waals surface area (Å²) < 4.78 is 1.54.